The summed E-state index contributed by atoms with van der Waals surface area (Å²) in [5.41, 5.74) is 6.29. The number of rotatable bonds is 3. The summed E-state index contributed by atoms with van der Waals surface area (Å²) in [6.45, 7) is 6.94. The summed E-state index contributed by atoms with van der Waals surface area (Å²) in [7, 11) is 2.18. The summed E-state index contributed by atoms with van der Waals surface area (Å²) < 4.78 is 2.40. The number of nitrogens with zero attached hydrogens (tertiary/aromatic N) is 4. The van der Waals surface area contributed by atoms with Crippen molar-refractivity contribution in [2.24, 2.45) is 0 Å². The molecule has 3 aromatic rings. The second kappa shape index (κ2) is 6.11. The third-order valence-corrected chi connectivity index (χ3v) is 5.49. The average molecular weight is 355 g/mol. The van der Waals surface area contributed by atoms with Gasteiger partial charge in [-0.05, 0) is 51.1 Å². The van der Waals surface area contributed by atoms with Crippen LogP contribution >= 0.6 is 11.6 Å². The predicted octanol–water partition coefficient (Wildman–Crippen LogP) is 3.88. The van der Waals surface area contributed by atoms with Gasteiger partial charge in [-0.2, -0.15) is 0 Å². The predicted molar refractivity (Wildman–Crippen MR) is 102 cm³/mol. The number of benzene rings is 1. The van der Waals surface area contributed by atoms with Gasteiger partial charge in [-0.25, -0.2) is 9.97 Å². The lowest BCUT2D eigenvalue weighted by Crippen LogP contribution is -2.30. The second-order valence-corrected chi connectivity index (χ2v) is 8.15. The number of hydrogen-bond acceptors (Lipinski definition) is 3. The van der Waals surface area contributed by atoms with Gasteiger partial charge in [-0.3, -0.25) is 0 Å². The highest BCUT2D eigenvalue weighted by atomic mass is 35.5. The van der Waals surface area contributed by atoms with Gasteiger partial charge >= 0.3 is 0 Å². The van der Waals surface area contributed by atoms with E-state index in [4.69, 9.17) is 11.6 Å². The molecule has 1 aliphatic rings. The van der Waals surface area contributed by atoms with Crippen molar-refractivity contribution in [3.8, 4) is 0 Å². The first-order valence-electron chi connectivity index (χ1n) is 8.70. The highest BCUT2D eigenvalue weighted by molar-refractivity contribution is 6.23. The molecule has 0 saturated heterocycles. The third-order valence-electron chi connectivity index (χ3n) is 5.18. The van der Waals surface area contributed by atoms with Crippen LogP contribution in [0.15, 0.2) is 36.8 Å². The van der Waals surface area contributed by atoms with Gasteiger partial charge < -0.3 is 9.47 Å². The summed E-state index contributed by atoms with van der Waals surface area (Å²) in [6, 6.07) is 8.63. The van der Waals surface area contributed by atoms with Gasteiger partial charge in [0.05, 0.1) is 5.69 Å². The lowest BCUT2D eigenvalue weighted by molar-refractivity contribution is 0.301. The molecule has 1 unspecified atom stereocenters. The van der Waals surface area contributed by atoms with E-state index >= 15 is 0 Å². The summed E-state index contributed by atoms with van der Waals surface area (Å²) in [5.74, 6) is 0. The van der Waals surface area contributed by atoms with Crippen LogP contribution in [0.1, 0.15) is 29.4 Å². The molecule has 4 rings (SSSR count). The highest BCUT2D eigenvalue weighted by Gasteiger charge is 2.30. The molecule has 130 valence electrons. The molecule has 0 fully saturated rings. The van der Waals surface area contributed by atoms with Gasteiger partial charge in [-0.15, -0.1) is 11.6 Å². The molecule has 1 atom stereocenters. The van der Waals surface area contributed by atoms with Crippen molar-refractivity contribution in [1.82, 2.24) is 19.4 Å². The van der Waals surface area contributed by atoms with E-state index in [0.29, 0.717) is 6.54 Å². The summed E-state index contributed by atoms with van der Waals surface area (Å²) in [4.78, 5) is 10.2. The maximum Gasteiger partial charge on any atom is 0.115 e. The molecule has 4 nitrogen and oxygen atoms in total. The molecule has 1 aromatic carbocycles. The molecule has 0 radical (unpaired) electrons. The molecule has 2 aromatic heterocycles. The fraction of sp³-hybridized carbons (Fsp3) is 0.400. The Morgan fingerprint density at radius 3 is 2.88 bits per heavy atom. The van der Waals surface area contributed by atoms with Crippen LogP contribution in [0.3, 0.4) is 0 Å². The lowest BCUT2D eigenvalue weighted by atomic mass is 10.0. The number of likely N-dealkylation sites (N-methyl/N-ethyl adjacent to an activating group) is 1. The van der Waals surface area contributed by atoms with Gasteiger partial charge in [0, 0.05) is 42.4 Å². The minimum Gasteiger partial charge on any atom is -0.341 e. The highest BCUT2D eigenvalue weighted by Crippen LogP contribution is 2.36. The maximum atomic E-state index is 6.94. The van der Waals surface area contributed by atoms with Crippen molar-refractivity contribution in [2.75, 3.05) is 13.6 Å². The fourth-order valence-electron chi connectivity index (χ4n) is 3.85. The van der Waals surface area contributed by atoms with Gasteiger partial charge in [0.25, 0.3) is 0 Å². The van der Waals surface area contributed by atoms with Crippen LogP contribution in [0.4, 0.5) is 0 Å². The van der Waals surface area contributed by atoms with Gasteiger partial charge in [0.1, 0.15) is 11.2 Å². The van der Waals surface area contributed by atoms with Crippen LogP contribution in [0.5, 0.6) is 0 Å². The molecule has 0 bridgehead atoms. The number of aryl methyl sites for hydroxylation is 1. The van der Waals surface area contributed by atoms with Crippen molar-refractivity contribution in [1.29, 1.82) is 0 Å². The number of aromatic nitrogens is 3. The molecule has 0 aliphatic carbocycles. The molecule has 0 amide bonds. The fourth-order valence-corrected chi connectivity index (χ4v) is 4.08. The van der Waals surface area contributed by atoms with E-state index < -0.39 is 4.87 Å². The molecule has 25 heavy (non-hydrogen) atoms. The Hall–Kier alpha value is -1.91. The van der Waals surface area contributed by atoms with Crippen LogP contribution < -0.4 is 0 Å². The molecular formula is C20H23ClN4. The van der Waals surface area contributed by atoms with Crippen LogP contribution in [0.25, 0.3) is 10.9 Å². The Bertz CT molecular complexity index is 914. The third kappa shape index (κ3) is 2.94. The Kier molecular flexibility index (Phi) is 4.05. The number of fused-ring (bicyclic) bond motifs is 3. The zero-order chi connectivity index (χ0) is 17.6. The number of halogens is 1. The SMILES string of the molecule is Cc1ccc2c(c1)c1c(n2CC(C)(Cl)c2ccncn2)CN(C)CC1. The average Bonchev–Trinajstić information content (AvgIpc) is 2.88. The summed E-state index contributed by atoms with van der Waals surface area (Å²) in [6.07, 6.45) is 4.41. The minimum atomic E-state index is -0.580. The van der Waals surface area contributed by atoms with E-state index in [1.165, 1.54) is 27.7 Å². The number of alkyl halides is 1. The Morgan fingerprint density at radius 1 is 1.28 bits per heavy atom. The van der Waals surface area contributed by atoms with E-state index in [-0.39, 0.29) is 0 Å². The second-order valence-electron chi connectivity index (χ2n) is 7.31. The summed E-state index contributed by atoms with van der Waals surface area (Å²) >= 11 is 6.94. The molecular weight excluding hydrogens is 332 g/mol. The zero-order valence-corrected chi connectivity index (χ0v) is 15.7. The van der Waals surface area contributed by atoms with Crippen molar-refractivity contribution in [2.45, 2.75) is 38.2 Å². The summed E-state index contributed by atoms with van der Waals surface area (Å²) in [5, 5.41) is 1.37. The van der Waals surface area contributed by atoms with Crippen molar-refractivity contribution in [3.63, 3.8) is 0 Å². The Morgan fingerprint density at radius 2 is 2.12 bits per heavy atom. The first-order chi connectivity index (χ1) is 12.0. The molecule has 0 N–H and O–H groups in total. The Labute approximate surface area is 153 Å². The van der Waals surface area contributed by atoms with E-state index in [9.17, 15) is 0 Å². The van der Waals surface area contributed by atoms with Gasteiger partial charge in [-0.1, -0.05) is 11.6 Å². The largest absolute Gasteiger partial charge is 0.341 e. The monoisotopic (exact) mass is 354 g/mol. The topological polar surface area (TPSA) is 34.0 Å². The van der Waals surface area contributed by atoms with E-state index in [2.05, 4.69) is 51.6 Å². The van der Waals surface area contributed by atoms with Crippen molar-refractivity contribution in [3.05, 3.63) is 59.3 Å². The van der Waals surface area contributed by atoms with E-state index in [1.54, 1.807) is 12.5 Å². The van der Waals surface area contributed by atoms with E-state index in [0.717, 1.165) is 25.2 Å². The van der Waals surface area contributed by atoms with Gasteiger partial charge in [0.2, 0.25) is 0 Å². The lowest BCUT2D eigenvalue weighted by Gasteiger charge is -2.28. The Balaban J connectivity index is 1.85. The van der Waals surface area contributed by atoms with Crippen LogP contribution in [-0.2, 0) is 24.4 Å². The standard InChI is InChI=1S/C20H23ClN4/c1-14-4-5-17-16(10-14)15-7-9-24(3)11-18(15)25(17)12-20(2,21)19-6-8-22-13-23-19/h4-6,8,10,13H,7,9,11-12H2,1-3H3. The maximum absolute atomic E-state index is 6.94. The normalized spacial score (nSPS) is 17.4. The van der Waals surface area contributed by atoms with Gasteiger partial charge in [0.15, 0.2) is 0 Å². The van der Waals surface area contributed by atoms with Crippen LogP contribution in [0.2, 0.25) is 0 Å². The van der Waals surface area contributed by atoms with Crippen molar-refractivity contribution < 1.29 is 0 Å². The smallest absolute Gasteiger partial charge is 0.115 e. The van der Waals surface area contributed by atoms with Crippen molar-refractivity contribution >= 4 is 22.5 Å². The molecule has 0 saturated carbocycles. The van der Waals surface area contributed by atoms with Crippen LogP contribution in [0, 0.1) is 6.92 Å². The first-order valence-corrected chi connectivity index (χ1v) is 9.08. The van der Waals surface area contributed by atoms with E-state index in [1.807, 2.05) is 13.0 Å². The first kappa shape index (κ1) is 16.6. The molecule has 1 aliphatic heterocycles. The zero-order valence-electron chi connectivity index (χ0n) is 15.0. The molecule has 0 spiro atoms. The molecule has 5 heteroatoms. The number of hydrogen-bond donors (Lipinski definition) is 0. The van der Waals surface area contributed by atoms with Crippen LogP contribution in [-0.4, -0.2) is 33.0 Å². The molecule has 3 heterocycles. The quantitative estimate of drug-likeness (QED) is 0.669. The minimum absolute atomic E-state index is 0.580.